The number of piperidine rings is 1. The number of hydrogen-bond donors (Lipinski definition) is 1. The number of methoxy groups -OCH3 is 3. The molecule has 0 radical (unpaired) electrons. The number of carbonyl (C=O) groups is 3. The lowest BCUT2D eigenvalue weighted by Gasteiger charge is -2.34. The number of ether oxygens (including phenoxy) is 4. The van der Waals surface area contributed by atoms with Gasteiger partial charge in [-0.25, -0.2) is 9.69 Å². The van der Waals surface area contributed by atoms with Gasteiger partial charge in [-0.1, -0.05) is 0 Å². The highest BCUT2D eigenvalue weighted by molar-refractivity contribution is 5.98. The number of nitrogens with zero attached hydrogens (tertiary/aromatic N) is 3. The summed E-state index contributed by atoms with van der Waals surface area (Å²) in [5, 5.41) is 7.06. The lowest BCUT2D eigenvalue weighted by molar-refractivity contribution is -0.127. The molecule has 0 aliphatic carbocycles. The Bertz CT molecular complexity index is 1000. The number of aromatic nitrogens is 2. The Labute approximate surface area is 184 Å². The first kappa shape index (κ1) is 21.5. The molecule has 0 spiro atoms. The number of nitrogens with one attached hydrogen (secondary N) is 1. The molecular formula is C21H24N4O7. The second kappa shape index (κ2) is 8.77. The number of cyclic esters (lactones) is 1. The molecule has 0 atom stereocenters. The number of amides is 3. The van der Waals surface area contributed by atoms with Crippen LogP contribution in [0, 0.1) is 0 Å². The summed E-state index contributed by atoms with van der Waals surface area (Å²) >= 11 is 0. The predicted octanol–water partition coefficient (Wildman–Crippen LogP) is 1.69. The molecular weight excluding hydrogens is 420 g/mol. The van der Waals surface area contributed by atoms with E-state index in [2.05, 4.69) is 10.2 Å². The lowest BCUT2D eigenvalue weighted by atomic mass is 10.0. The molecule has 2 aromatic rings. The zero-order valence-electron chi connectivity index (χ0n) is 18.0. The smallest absolute Gasteiger partial charge is 0.417 e. The molecule has 3 amide bonds. The maximum Gasteiger partial charge on any atom is 0.417 e. The van der Waals surface area contributed by atoms with E-state index in [-0.39, 0.29) is 24.5 Å². The Kier molecular flexibility index (Phi) is 5.89. The first-order valence-corrected chi connectivity index (χ1v) is 10.1. The van der Waals surface area contributed by atoms with E-state index in [1.54, 1.807) is 23.1 Å². The van der Waals surface area contributed by atoms with Crippen molar-refractivity contribution < 1.29 is 33.3 Å². The van der Waals surface area contributed by atoms with Gasteiger partial charge >= 0.3 is 6.09 Å². The molecule has 3 heterocycles. The first-order chi connectivity index (χ1) is 15.5. The average Bonchev–Trinajstić information content (AvgIpc) is 3.44. The molecule has 2 fully saturated rings. The number of carbonyl (C=O) groups excluding carboxylic acids is 3. The molecule has 0 saturated carbocycles. The number of benzene rings is 1. The van der Waals surface area contributed by atoms with Crippen LogP contribution in [0.2, 0.25) is 0 Å². The second-order valence-corrected chi connectivity index (χ2v) is 7.42. The number of hydrogen-bond acceptors (Lipinski definition) is 8. The van der Waals surface area contributed by atoms with Crippen molar-refractivity contribution in [3.05, 3.63) is 23.9 Å². The Morgan fingerprint density at radius 3 is 2.25 bits per heavy atom. The van der Waals surface area contributed by atoms with Gasteiger partial charge in [0.2, 0.25) is 5.75 Å². The number of aromatic amines is 1. The molecule has 2 aliphatic rings. The Morgan fingerprint density at radius 2 is 1.72 bits per heavy atom. The van der Waals surface area contributed by atoms with Crippen molar-refractivity contribution in [2.24, 2.45) is 0 Å². The lowest BCUT2D eigenvalue weighted by Crippen LogP contribution is -2.48. The van der Waals surface area contributed by atoms with Crippen LogP contribution in [0.25, 0.3) is 11.3 Å². The summed E-state index contributed by atoms with van der Waals surface area (Å²) in [5.74, 6) is 0.895. The van der Waals surface area contributed by atoms with Crippen molar-refractivity contribution in [2.45, 2.75) is 18.9 Å². The van der Waals surface area contributed by atoms with Gasteiger partial charge in [0.25, 0.3) is 11.8 Å². The minimum atomic E-state index is -0.608. The normalized spacial score (nSPS) is 16.8. The molecule has 4 rings (SSSR count). The van der Waals surface area contributed by atoms with E-state index in [0.29, 0.717) is 60.1 Å². The first-order valence-electron chi connectivity index (χ1n) is 10.1. The minimum absolute atomic E-state index is 0.204. The van der Waals surface area contributed by atoms with Gasteiger partial charge in [0.1, 0.15) is 5.69 Å². The molecule has 0 unspecified atom stereocenters. The van der Waals surface area contributed by atoms with Crippen LogP contribution in [-0.4, -0.2) is 85.0 Å². The maximum atomic E-state index is 13.0. The van der Waals surface area contributed by atoms with E-state index in [0.717, 1.165) is 0 Å². The molecule has 11 heteroatoms. The third kappa shape index (κ3) is 3.81. The van der Waals surface area contributed by atoms with Gasteiger partial charge in [0, 0.05) is 24.7 Å². The molecule has 32 heavy (non-hydrogen) atoms. The van der Waals surface area contributed by atoms with Crippen molar-refractivity contribution in [3.8, 4) is 28.5 Å². The standard InChI is InChI=1S/C21H24N4O7/c1-29-16-8-12(9-17(30-2)19(16)31-3)14-10-15(23-22-14)20(27)24-6-4-13(5-7-24)25-18(26)11-32-21(25)28/h8-10,13H,4-7,11H2,1-3H3,(H,22,23). The summed E-state index contributed by atoms with van der Waals surface area (Å²) in [4.78, 5) is 39.4. The Morgan fingerprint density at radius 1 is 1.06 bits per heavy atom. The van der Waals surface area contributed by atoms with Crippen LogP contribution < -0.4 is 14.2 Å². The van der Waals surface area contributed by atoms with Crippen molar-refractivity contribution in [1.82, 2.24) is 20.0 Å². The highest BCUT2D eigenvalue weighted by atomic mass is 16.6. The number of H-pyrrole nitrogens is 1. The summed E-state index contributed by atoms with van der Waals surface area (Å²) < 4.78 is 20.9. The fraction of sp³-hybridized carbons (Fsp3) is 0.429. The molecule has 1 aromatic carbocycles. The van der Waals surface area contributed by atoms with Gasteiger partial charge in [-0.05, 0) is 31.0 Å². The van der Waals surface area contributed by atoms with Gasteiger partial charge in [-0.3, -0.25) is 14.7 Å². The van der Waals surface area contributed by atoms with E-state index >= 15 is 0 Å². The van der Waals surface area contributed by atoms with E-state index in [1.807, 2.05) is 0 Å². The minimum Gasteiger partial charge on any atom is -0.493 e. The van der Waals surface area contributed by atoms with Gasteiger partial charge in [-0.2, -0.15) is 5.10 Å². The fourth-order valence-corrected chi connectivity index (χ4v) is 4.02. The highest BCUT2D eigenvalue weighted by Gasteiger charge is 2.39. The van der Waals surface area contributed by atoms with Crippen molar-refractivity contribution in [1.29, 1.82) is 0 Å². The van der Waals surface area contributed by atoms with Crippen LogP contribution in [0.15, 0.2) is 18.2 Å². The zero-order chi connectivity index (χ0) is 22.8. The molecule has 1 N–H and O–H groups in total. The number of rotatable bonds is 6. The molecule has 2 aliphatic heterocycles. The maximum absolute atomic E-state index is 13.0. The molecule has 170 valence electrons. The summed E-state index contributed by atoms with van der Waals surface area (Å²) in [6.07, 6.45) is 0.393. The van der Waals surface area contributed by atoms with Crippen LogP contribution >= 0.6 is 0 Å². The summed E-state index contributed by atoms with van der Waals surface area (Å²) in [5.41, 5.74) is 1.58. The van der Waals surface area contributed by atoms with E-state index < -0.39 is 6.09 Å². The Hall–Kier alpha value is -3.76. The summed E-state index contributed by atoms with van der Waals surface area (Å²) in [7, 11) is 4.58. The molecule has 1 aromatic heterocycles. The zero-order valence-corrected chi connectivity index (χ0v) is 18.0. The van der Waals surface area contributed by atoms with E-state index in [1.165, 1.54) is 26.2 Å². The Balaban J connectivity index is 1.47. The van der Waals surface area contributed by atoms with Crippen LogP contribution in [0.5, 0.6) is 17.2 Å². The topological polar surface area (TPSA) is 123 Å². The number of likely N-dealkylation sites (tertiary alicyclic amines) is 1. The van der Waals surface area contributed by atoms with Gasteiger partial charge in [0.15, 0.2) is 18.1 Å². The van der Waals surface area contributed by atoms with Crippen LogP contribution in [-0.2, 0) is 9.53 Å². The van der Waals surface area contributed by atoms with Crippen molar-refractivity contribution >= 4 is 17.9 Å². The molecule has 2 saturated heterocycles. The SMILES string of the molecule is COc1cc(-c2cc(C(=O)N3CCC(N4C(=O)COC4=O)CC3)[nH]n2)cc(OC)c1OC. The van der Waals surface area contributed by atoms with Crippen molar-refractivity contribution in [3.63, 3.8) is 0 Å². The van der Waals surface area contributed by atoms with Crippen LogP contribution in [0.3, 0.4) is 0 Å². The van der Waals surface area contributed by atoms with Crippen LogP contribution in [0.4, 0.5) is 4.79 Å². The van der Waals surface area contributed by atoms with Gasteiger partial charge in [-0.15, -0.1) is 0 Å². The van der Waals surface area contributed by atoms with Crippen LogP contribution in [0.1, 0.15) is 23.3 Å². The largest absolute Gasteiger partial charge is 0.493 e. The van der Waals surface area contributed by atoms with E-state index in [9.17, 15) is 14.4 Å². The quantitative estimate of drug-likeness (QED) is 0.714. The second-order valence-electron chi connectivity index (χ2n) is 7.42. The average molecular weight is 444 g/mol. The molecule has 11 nitrogen and oxygen atoms in total. The third-order valence-corrected chi connectivity index (χ3v) is 5.67. The molecule has 0 bridgehead atoms. The van der Waals surface area contributed by atoms with Gasteiger partial charge in [0.05, 0.1) is 27.0 Å². The highest BCUT2D eigenvalue weighted by Crippen LogP contribution is 2.40. The predicted molar refractivity (Wildman–Crippen MR) is 111 cm³/mol. The third-order valence-electron chi connectivity index (χ3n) is 5.67. The summed E-state index contributed by atoms with van der Waals surface area (Å²) in [6.45, 7) is 0.619. The fourth-order valence-electron chi connectivity index (χ4n) is 4.02. The van der Waals surface area contributed by atoms with Crippen molar-refractivity contribution in [2.75, 3.05) is 41.0 Å². The van der Waals surface area contributed by atoms with E-state index in [4.69, 9.17) is 18.9 Å². The summed E-state index contributed by atoms with van der Waals surface area (Å²) in [6, 6.07) is 4.92. The van der Waals surface area contributed by atoms with Gasteiger partial charge < -0.3 is 23.8 Å². The number of imide groups is 1. The monoisotopic (exact) mass is 444 g/mol.